The molecule has 2 aromatic rings. The molecular weight excluding hydrogens is 478 g/mol. The first kappa shape index (κ1) is 25.8. The van der Waals surface area contributed by atoms with Crippen molar-refractivity contribution < 1.29 is 23.8 Å². The van der Waals surface area contributed by atoms with E-state index in [9.17, 15) is 9.59 Å². The zero-order chi connectivity index (χ0) is 26.0. The van der Waals surface area contributed by atoms with Crippen LogP contribution in [0.1, 0.15) is 57.6 Å². The second kappa shape index (κ2) is 10.4. The highest BCUT2D eigenvalue weighted by Gasteiger charge is 2.43. The quantitative estimate of drug-likeness (QED) is 0.455. The lowest BCUT2D eigenvalue weighted by atomic mass is 9.68. The Kier molecular flexibility index (Phi) is 7.46. The van der Waals surface area contributed by atoms with Crippen LogP contribution in [0.15, 0.2) is 65.0 Å². The summed E-state index contributed by atoms with van der Waals surface area (Å²) in [6, 6.07) is 13.0. The third-order valence-corrected chi connectivity index (χ3v) is 6.82. The predicted octanol–water partition coefficient (Wildman–Crippen LogP) is 6.09. The Labute approximate surface area is 217 Å². The summed E-state index contributed by atoms with van der Waals surface area (Å²) < 4.78 is 17.1. The van der Waals surface area contributed by atoms with Gasteiger partial charge in [-0.2, -0.15) is 0 Å². The van der Waals surface area contributed by atoms with E-state index in [-0.39, 0.29) is 17.8 Å². The zero-order valence-corrected chi connectivity index (χ0v) is 22.1. The van der Waals surface area contributed by atoms with Gasteiger partial charge in [-0.05, 0) is 61.1 Å². The van der Waals surface area contributed by atoms with Crippen molar-refractivity contribution in [3.05, 3.63) is 81.2 Å². The van der Waals surface area contributed by atoms with Crippen molar-refractivity contribution in [1.29, 1.82) is 0 Å². The van der Waals surface area contributed by atoms with Crippen LogP contribution in [0.5, 0.6) is 11.5 Å². The van der Waals surface area contributed by atoms with E-state index in [4.69, 9.17) is 25.8 Å². The number of rotatable bonds is 7. The van der Waals surface area contributed by atoms with E-state index < -0.39 is 11.9 Å². The summed E-state index contributed by atoms with van der Waals surface area (Å²) >= 11 is 5.98. The first-order valence-corrected chi connectivity index (χ1v) is 12.5. The molecule has 0 bridgehead atoms. The Morgan fingerprint density at radius 3 is 2.50 bits per heavy atom. The summed E-state index contributed by atoms with van der Waals surface area (Å²) in [5.74, 6) is 0.136. The van der Waals surface area contributed by atoms with Gasteiger partial charge >= 0.3 is 5.97 Å². The number of dihydropyridines is 1. The molecule has 2 aliphatic rings. The monoisotopic (exact) mass is 509 g/mol. The minimum absolute atomic E-state index is 0.0371. The number of hydrogen-bond acceptors (Lipinski definition) is 6. The third kappa shape index (κ3) is 5.29. The number of methoxy groups -OCH3 is 1. The van der Waals surface area contributed by atoms with Gasteiger partial charge < -0.3 is 19.5 Å². The highest BCUT2D eigenvalue weighted by Crippen LogP contribution is 2.48. The second-order valence-corrected chi connectivity index (χ2v) is 10.4. The minimum atomic E-state index is -0.553. The largest absolute Gasteiger partial charge is 0.493 e. The topological polar surface area (TPSA) is 73.9 Å². The van der Waals surface area contributed by atoms with E-state index in [0.29, 0.717) is 46.4 Å². The molecule has 1 heterocycles. The number of carbonyl (C=O) groups excluding carboxylic acids is 2. The number of allylic oxidation sites excluding steroid dienone is 3. The van der Waals surface area contributed by atoms with Crippen LogP contribution < -0.4 is 14.8 Å². The second-order valence-electron chi connectivity index (χ2n) is 9.98. The molecule has 0 fully saturated rings. The van der Waals surface area contributed by atoms with Crippen molar-refractivity contribution >= 4 is 23.4 Å². The van der Waals surface area contributed by atoms with Gasteiger partial charge in [0.25, 0.3) is 0 Å². The molecule has 7 heteroatoms. The molecule has 0 unspecified atom stereocenters. The molecule has 0 saturated carbocycles. The Bertz CT molecular complexity index is 1240. The zero-order valence-electron chi connectivity index (χ0n) is 21.4. The van der Waals surface area contributed by atoms with Gasteiger partial charge in [-0.25, -0.2) is 4.79 Å². The van der Waals surface area contributed by atoms with Crippen LogP contribution >= 0.6 is 11.6 Å². The van der Waals surface area contributed by atoms with Crippen LogP contribution in [0.25, 0.3) is 0 Å². The van der Waals surface area contributed by atoms with Crippen molar-refractivity contribution in [3.8, 4) is 11.5 Å². The van der Waals surface area contributed by atoms with Crippen molar-refractivity contribution in [2.75, 3.05) is 13.7 Å². The number of esters is 1. The first-order valence-electron chi connectivity index (χ1n) is 12.1. The van der Waals surface area contributed by atoms with Crippen molar-refractivity contribution in [1.82, 2.24) is 5.32 Å². The summed E-state index contributed by atoms with van der Waals surface area (Å²) in [6.45, 7) is 8.39. The van der Waals surface area contributed by atoms with Gasteiger partial charge in [0.15, 0.2) is 17.3 Å². The average Bonchev–Trinajstić information content (AvgIpc) is 2.82. The summed E-state index contributed by atoms with van der Waals surface area (Å²) in [7, 11) is 1.57. The van der Waals surface area contributed by atoms with Gasteiger partial charge in [0.05, 0.1) is 19.3 Å². The van der Waals surface area contributed by atoms with E-state index in [1.165, 1.54) is 0 Å². The molecule has 1 N–H and O–H groups in total. The van der Waals surface area contributed by atoms with E-state index in [1.807, 2.05) is 49.4 Å². The Morgan fingerprint density at radius 1 is 1.11 bits per heavy atom. The van der Waals surface area contributed by atoms with Gasteiger partial charge in [-0.15, -0.1) is 0 Å². The Hall–Kier alpha value is -3.25. The Morgan fingerprint density at radius 2 is 1.83 bits per heavy atom. The summed E-state index contributed by atoms with van der Waals surface area (Å²) in [5, 5.41) is 4.01. The molecule has 0 amide bonds. The molecule has 0 aromatic heterocycles. The van der Waals surface area contributed by atoms with Gasteiger partial charge in [0.2, 0.25) is 0 Å². The number of benzene rings is 2. The molecule has 1 aliphatic heterocycles. The van der Waals surface area contributed by atoms with E-state index in [2.05, 4.69) is 19.2 Å². The van der Waals surface area contributed by atoms with Crippen LogP contribution in [0.2, 0.25) is 5.02 Å². The lowest BCUT2D eigenvalue weighted by molar-refractivity contribution is -0.138. The maximum absolute atomic E-state index is 13.4. The number of ether oxygens (including phenoxy) is 3. The van der Waals surface area contributed by atoms with Gasteiger partial charge in [-0.3, -0.25) is 4.79 Å². The van der Waals surface area contributed by atoms with Crippen molar-refractivity contribution in [3.63, 3.8) is 0 Å². The maximum atomic E-state index is 13.4. The third-order valence-electron chi connectivity index (χ3n) is 6.56. The number of nitrogens with one attached hydrogen (secondary N) is 1. The molecule has 1 aliphatic carbocycles. The van der Waals surface area contributed by atoms with Gasteiger partial charge in [-0.1, -0.05) is 43.6 Å². The Balaban J connectivity index is 1.73. The summed E-state index contributed by atoms with van der Waals surface area (Å²) in [5.41, 5.74) is 4.22. The molecule has 190 valence electrons. The van der Waals surface area contributed by atoms with Crippen LogP contribution in [-0.4, -0.2) is 25.5 Å². The molecule has 36 heavy (non-hydrogen) atoms. The van der Waals surface area contributed by atoms with E-state index >= 15 is 0 Å². The number of Topliss-reactive ketones (excluding diaryl/α,β-unsaturated/α-hetero) is 1. The number of carbonyl (C=O) groups is 2. The SMILES string of the molecule is CCOC(=O)C1=C(C)NC2=C(C(=O)CC(C)(C)C2)[C@H]1c1ccc(OCc2ccc(Cl)cc2)c(OC)c1. The van der Waals surface area contributed by atoms with E-state index in [1.54, 1.807) is 14.0 Å². The van der Waals surface area contributed by atoms with Gasteiger partial charge in [0.1, 0.15) is 6.61 Å². The molecular formula is C29H32ClNO5. The molecule has 0 saturated heterocycles. The standard InChI is InChI=1S/C29H32ClNO5/c1-6-35-28(33)25-17(2)31-21-14-29(3,4)15-22(32)27(21)26(25)19-9-12-23(24(13-19)34-5)36-16-18-7-10-20(30)11-8-18/h7-13,26,31H,6,14-16H2,1-5H3/t26-/m0/s1. The first-order chi connectivity index (χ1) is 17.1. The number of hydrogen-bond donors (Lipinski definition) is 1. The fourth-order valence-corrected chi connectivity index (χ4v) is 5.10. The van der Waals surface area contributed by atoms with Gasteiger partial charge in [0, 0.05) is 34.3 Å². The normalized spacial score (nSPS) is 18.9. The van der Waals surface area contributed by atoms with Crippen molar-refractivity contribution in [2.45, 2.75) is 53.1 Å². The van der Waals surface area contributed by atoms with Crippen LogP contribution in [0, 0.1) is 5.41 Å². The molecule has 0 spiro atoms. The smallest absolute Gasteiger partial charge is 0.336 e. The number of ketones is 1. The molecule has 4 rings (SSSR count). The van der Waals surface area contributed by atoms with Crippen molar-refractivity contribution in [2.24, 2.45) is 5.41 Å². The van der Waals surface area contributed by atoms with Crippen LogP contribution in [0.4, 0.5) is 0 Å². The highest BCUT2D eigenvalue weighted by molar-refractivity contribution is 6.30. The average molecular weight is 510 g/mol. The van der Waals surface area contributed by atoms with E-state index in [0.717, 1.165) is 23.2 Å². The summed E-state index contributed by atoms with van der Waals surface area (Å²) in [4.78, 5) is 26.5. The molecule has 1 atom stereocenters. The number of halogens is 1. The fraction of sp³-hybridized carbons (Fsp3) is 0.379. The lowest BCUT2D eigenvalue weighted by Gasteiger charge is -2.39. The minimum Gasteiger partial charge on any atom is -0.493 e. The highest BCUT2D eigenvalue weighted by atomic mass is 35.5. The molecule has 2 aromatic carbocycles. The molecule has 6 nitrogen and oxygen atoms in total. The molecule has 0 radical (unpaired) electrons. The predicted molar refractivity (Wildman–Crippen MR) is 139 cm³/mol. The van der Waals surface area contributed by atoms with Crippen LogP contribution in [0.3, 0.4) is 0 Å². The lowest BCUT2D eigenvalue weighted by Crippen LogP contribution is -2.38. The fourth-order valence-electron chi connectivity index (χ4n) is 4.97. The van der Waals surface area contributed by atoms with Crippen LogP contribution in [-0.2, 0) is 20.9 Å². The maximum Gasteiger partial charge on any atom is 0.336 e. The summed E-state index contributed by atoms with van der Waals surface area (Å²) in [6.07, 6.45) is 1.13.